The van der Waals surface area contributed by atoms with E-state index in [0.29, 0.717) is 18.3 Å². The molecule has 1 aromatic rings. The summed E-state index contributed by atoms with van der Waals surface area (Å²) in [6.07, 6.45) is 3.72. The highest BCUT2D eigenvalue weighted by atomic mass is 19.1. The van der Waals surface area contributed by atoms with E-state index in [1.807, 2.05) is 6.07 Å². The third-order valence-electron chi connectivity index (χ3n) is 5.40. The van der Waals surface area contributed by atoms with Crippen LogP contribution in [0.25, 0.3) is 0 Å². The number of amides is 1. The van der Waals surface area contributed by atoms with Gasteiger partial charge in [-0.3, -0.25) is 9.69 Å². The molecule has 1 aliphatic carbocycles. The monoisotopic (exact) mass is 349 g/mol. The summed E-state index contributed by atoms with van der Waals surface area (Å²) in [5.74, 6) is 0.278. The van der Waals surface area contributed by atoms with Crippen molar-refractivity contribution in [2.75, 3.05) is 40.8 Å². The summed E-state index contributed by atoms with van der Waals surface area (Å²) in [6.45, 7) is 2.35. The number of methoxy groups -OCH3 is 1. The molecule has 3 rings (SSSR count). The number of hydrogen-bond acceptors (Lipinski definition) is 4. The van der Waals surface area contributed by atoms with E-state index in [1.54, 1.807) is 25.1 Å². The highest BCUT2D eigenvalue weighted by molar-refractivity contribution is 5.77. The Labute approximate surface area is 149 Å². The fourth-order valence-electron chi connectivity index (χ4n) is 3.85. The number of piperidine rings is 1. The number of benzene rings is 1. The van der Waals surface area contributed by atoms with E-state index >= 15 is 0 Å². The Morgan fingerprint density at radius 3 is 2.68 bits per heavy atom. The zero-order valence-electron chi connectivity index (χ0n) is 15.3. The molecule has 0 spiro atoms. The molecule has 25 heavy (non-hydrogen) atoms. The van der Waals surface area contributed by atoms with Crippen LogP contribution in [0.15, 0.2) is 12.1 Å². The van der Waals surface area contributed by atoms with Crippen molar-refractivity contribution in [1.82, 2.24) is 15.1 Å². The minimum Gasteiger partial charge on any atom is -0.494 e. The molecule has 1 heterocycles. The van der Waals surface area contributed by atoms with E-state index in [1.165, 1.54) is 7.11 Å². The molecule has 1 fully saturated rings. The Hall–Kier alpha value is -1.66. The molecule has 1 aliphatic heterocycles. The Morgan fingerprint density at radius 1 is 1.32 bits per heavy atom. The lowest BCUT2D eigenvalue weighted by molar-refractivity contribution is -0.130. The second kappa shape index (κ2) is 7.70. The molecule has 1 N–H and O–H groups in total. The van der Waals surface area contributed by atoms with Gasteiger partial charge in [-0.15, -0.1) is 0 Å². The van der Waals surface area contributed by atoms with Crippen molar-refractivity contribution >= 4 is 5.91 Å². The fraction of sp³-hybridized carbons (Fsp3) is 0.632. The molecule has 6 heteroatoms. The maximum absolute atomic E-state index is 14.4. The van der Waals surface area contributed by atoms with Gasteiger partial charge in [0.25, 0.3) is 0 Å². The lowest BCUT2D eigenvalue weighted by atomic mass is 10.0. The Morgan fingerprint density at radius 2 is 2.04 bits per heavy atom. The molecular weight excluding hydrogens is 321 g/mol. The molecule has 1 atom stereocenters. The molecule has 0 aromatic heterocycles. The highest BCUT2D eigenvalue weighted by Gasteiger charge is 2.30. The smallest absolute Gasteiger partial charge is 0.236 e. The van der Waals surface area contributed by atoms with Crippen molar-refractivity contribution in [2.24, 2.45) is 0 Å². The van der Waals surface area contributed by atoms with Crippen molar-refractivity contribution in [3.05, 3.63) is 29.1 Å². The summed E-state index contributed by atoms with van der Waals surface area (Å²) in [7, 11) is 5.09. The van der Waals surface area contributed by atoms with E-state index in [0.717, 1.165) is 49.9 Å². The van der Waals surface area contributed by atoms with Gasteiger partial charge in [0.2, 0.25) is 5.91 Å². The van der Waals surface area contributed by atoms with Gasteiger partial charge < -0.3 is 15.0 Å². The number of likely N-dealkylation sites (tertiary alicyclic amines) is 1. The van der Waals surface area contributed by atoms with Gasteiger partial charge in [0, 0.05) is 39.3 Å². The van der Waals surface area contributed by atoms with Gasteiger partial charge in [0.15, 0.2) is 11.6 Å². The number of carbonyl (C=O) groups excluding carboxylic acids is 1. The quantitative estimate of drug-likeness (QED) is 0.883. The number of ether oxygens (including phenoxy) is 1. The fourth-order valence-corrected chi connectivity index (χ4v) is 3.85. The van der Waals surface area contributed by atoms with E-state index in [4.69, 9.17) is 4.74 Å². The zero-order chi connectivity index (χ0) is 18.0. The topological polar surface area (TPSA) is 44.8 Å². The van der Waals surface area contributed by atoms with Gasteiger partial charge in [-0.2, -0.15) is 0 Å². The van der Waals surface area contributed by atoms with Crippen LogP contribution in [-0.2, 0) is 11.2 Å². The minimum absolute atomic E-state index is 0.153. The van der Waals surface area contributed by atoms with Crippen molar-refractivity contribution in [3.8, 4) is 5.75 Å². The van der Waals surface area contributed by atoms with Crippen LogP contribution in [0, 0.1) is 5.82 Å². The predicted octanol–water partition coefficient (Wildman–Crippen LogP) is 1.96. The molecule has 1 unspecified atom stereocenters. The van der Waals surface area contributed by atoms with Gasteiger partial charge in [-0.05, 0) is 42.9 Å². The number of halogens is 1. The second-order valence-corrected chi connectivity index (χ2v) is 7.25. The first kappa shape index (κ1) is 18.1. The van der Waals surface area contributed by atoms with E-state index in [2.05, 4.69) is 10.2 Å². The van der Waals surface area contributed by atoms with Gasteiger partial charge in [-0.1, -0.05) is 6.07 Å². The maximum atomic E-state index is 14.4. The third kappa shape index (κ3) is 3.96. The number of likely N-dealkylation sites (N-methyl/N-ethyl adjacent to an activating group) is 1. The van der Waals surface area contributed by atoms with Crippen LogP contribution < -0.4 is 10.1 Å². The van der Waals surface area contributed by atoms with E-state index in [-0.39, 0.29) is 17.8 Å². The first-order chi connectivity index (χ1) is 12.0. The van der Waals surface area contributed by atoms with Crippen LogP contribution in [0.3, 0.4) is 0 Å². The van der Waals surface area contributed by atoms with Gasteiger partial charge in [-0.25, -0.2) is 4.39 Å². The van der Waals surface area contributed by atoms with Crippen LogP contribution in [0.1, 0.15) is 36.4 Å². The molecule has 0 radical (unpaired) electrons. The first-order valence-electron chi connectivity index (χ1n) is 9.03. The molecule has 2 aliphatic rings. The normalized spacial score (nSPS) is 21.2. The van der Waals surface area contributed by atoms with Crippen molar-refractivity contribution in [1.29, 1.82) is 0 Å². The molecular formula is C19H28FN3O2. The summed E-state index contributed by atoms with van der Waals surface area (Å²) in [6, 6.07) is 4.36. The minimum atomic E-state index is -0.207. The number of nitrogens with zero attached hydrogens (tertiary/aromatic N) is 2. The van der Waals surface area contributed by atoms with Crippen molar-refractivity contribution in [3.63, 3.8) is 0 Å². The molecule has 0 saturated carbocycles. The van der Waals surface area contributed by atoms with E-state index in [9.17, 15) is 9.18 Å². The standard InChI is InChI=1S/C19H28FN3O2/c1-22(2)18(24)12-23-10-8-13(9-11-23)21-16-6-4-15-14(16)5-7-17(25-3)19(15)20/h5,7,13,16,21H,4,6,8-12H2,1-3H3. The van der Waals surface area contributed by atoms with Crippen LogP contribution in [-0.4, -0.2) is 62.6 Å². The second-order valence-electron chi connectivity index (χ2n) is 7.25. The summed E-state index contributed by atoms with van der Waals surface area (Å²) >= 11 is 0. The largest absolute Gasteiger partial charge is 0.494 e. The Balaban J connectivity index is 1.55. The molecule has 138 valence electrons. The summed E-state index contributed by atoms with van der Waals surface area (Å²) in [5, 5.41) is 3.71. The maximum Gasteiger partial charge on any atom is 0.236 e. The van der Waals surface area contributed by atoms with E-state index < -0.39 is 0 Å². The third-order valence-corrected chi connectivity index (χ3v) is 5.40. The average Bonchev–Trinajstić information content (AvgIpc) is 3.00. The average molecular weight is 349 g/mol. The summed E-state index contributed by atoms with van der Waals surface area (Å²) in [4.78, 5) is 15.7. The molecule has 5 nitrogen and oxygen atoms in total. The van der Waals surface area contributed by atoms with Crippen LogP contribution in [0.2, 0.25) is 0 Å². The zero-order valence-corrected chi connectivity index (χ0v) is 15.3. The van der Waals surface area contributed by atoms with Crippen molar-refractivity contribution < 1.29 is 13.9 Å². The molecule has 1 aromatic carbocycles. The van der Waals surface area contributed by atoms with Crippen molar-refractivity contribution in [2.45, 2.75) is 37.8 Å². The molecule has 0 bridgehead atoms. The number of rotatable bonds is 5. The Bertz CT molecular complexity index is 627. The SMILES string of the molecule is COc1ccc2c(c1F)CCC2NC1CCN(CC(=O)N(C)C)CC1. The number of nitrogens with one attached hydrogen (secondary N) is 1. The van der Waals surface area contributed by atoms with Gasteiger partial charge in [0.1, 0.15) is 0 Å². The Kier molecular flexibility index (Phi) is 5.59. The number of hydrogen-bond donors (Lipinski definition) is 1. The lowest BCUT2D eigenvalue weighted by Crippen LogP contribution is -2.46. The summed E-state index contributed by atoms with van der Waals surface area (Å²) in [5.41, 5.74) is 1.87. The molecule has 1 saturated heterocycles. The summed E-state index contributed by atoms with van der Waals surface area (Å²) < 4.78 is 19.5. The highest BCUT2D eigenvalue weighted by Crippen LogP contribution is 2.37. The van der Waals surface area contributed by atoms with Crippen LogP contribution in [0.4, 0.5) is 4.39 Å². The molecule has 1 amide bonds. The number of fused-ring (bicyclic) bond motifs is 1. The van der Waals surface area contributed by atoms with Gasteiger partial charge in [0.05, 0.1) is 13.7 Å². The lowest BCUT2D eigenvalue weighted by Gasteiger charge is -2.34. The first-order valence-corrected chi connectivity index (χ1v) is 9.03. The van der Waals surface area contributed by atoms with Gasteiger partial charge >= 0.3 is 0 Å². The van der Waals surface area contributed by atoms with Crippen LogP contribution in [0.5, 0.6) is 5.75 Å². The number of carbonyl (C=O) groups is 1. The predicted molar refractivity (Wildman–Crippen MR) is 95.3 cm³/mol. The van der Waals surface area contributed by atoms with Crippen LogP contribution >= 0.6 is 0 Å².